The van der Waals surface area contributed by atoms with Crippen molar-refractivity contribution in [2.24, 2.45) is 0 Å². The Balaban J connectivity index is 1.41. The van der Waals surface area contributed by atoms with Crippen LogP contribution in [0.25, 0.3) is 11.1 Å². The lowest BCUT2D eigenvalue weighted by Gasteiger charge is -2.49. The number of carbonyl (C=O) groups excluding carboxylic acids is 10. The number of benzene rings is 3. The van der Waals surface area contributed by atoms with E-state index in [1.54, 1.807) is 30.3 Å². The third-order valence-corrected chi connectivity index (χ3v) is 13.3. The van der Waals surface area contributed by atoms with Gasteiger partial charge in [-0.1, -0.05) is 78.9 Å². The summed E-state index contributed by atoms with van der Waals surface area (Å²) in [4.78, 5) is 144. The van der Waals surface area contributed by atoms with Gasteiger partial charge in [-0.3, -0.25) is 38.4 Å². The van der Waals surface area contributed by atoms with Gasteiger partial charge in [-0.05, 0) is 34.7 Å². The van der Waals surface area contributed by atoms with Crippen LogP contribution in [0, 0.1) is 0 Å². The van der Waals surface area contributed by atoms with Crippen LogP contribution < -0.4 is 16.0 Å². The topological polar surface area (TPSA) is 355 Å². The number of carboxylic acids is 1. The third-order valence-electron chi connectivity index (χ3n) is 13.3. The Hall–Kier alpha value is -8.53. The zero-order valence-electron chi connectivity index (χ0n) is 47.4. The number of hydrogen-bond acceptors (Lipinski definition) is 23. The van der Waals surface area contributed by atoms with E-state index in [4.69, 9.17) is 56.8 Å². The number of fused-ring (bicyclic) bond motifs is 3. The number of nitrogens with one attached hydrogen (secondary N) is 3. The van der Waals surface area contributed by atoms with Gasteiger partial charge >= 0.3 is 53.8 Å². The Morgan fingerprint density at radius 2 is 1.19 bits per heavy atom. The van der Waals surface area contributed by atoms with Crippen molar-refractivity contribution in [1.29, 1.82) is 0 Å². The lowest BCUT2D eigenvalue weighted by Crippen LogP contribution is -2.70. The first-order chi connectivity index (χ1) is 39.8. The molecule has 13 atom stereocenters. The van der Waals surface area contributed by atoms with E-state index < -0.39 is 177 Å². The molecule has 2 aliphatic heterocycles. The maximum absolute atomic E-state index is 15.1. The molecule has 3 aromatic carbocycles. The SMILES string of the molecule is CC(=O)NC1C(O[C@H](C)[C@H](NC(=O)OCC2c3ccccc3-c3ccccc32)C(=O)O)OC(COC2(C(=O)OCc3ccccc3)CC(OC(C)=O)C(NC(C)=O)C([C@H](OC(C)=O)[C@@H](COC(C)=O)OC(C)=O)O2)C(OC(C)=O)C1OC(C)=O. The van der Waals surface area contributed by atoms with Crippen LogP contribution in [0.2, 0.25) is 0 Å². The summed E-state index contributed by atoms with van der Waals surface area (Å²) >= 11 is 0. The van der Waals surface area contributed by atoms with E-state index in [1.165, 1.54) is 6.92 Å². The lowest BCUT2D eigenvalue weighted by molar-refractivity contribution is -0.335. The summed E-state index contributed by atoms with van der Waals surface area (Å²) in [5.74, 6) is -13.9. The molecule has 0 aromatic heterocycles. The van der Waals surface area contributed by atoms with Crippen LogP contribution in [0.4, 0.5) is 4.79 Å². The molecule has 84 heavy (non-hydrogen) atoms. The highest BCUT2D eigenvalue weighted by molar-refractivity contribution is 5.82. The minimum atomic E-state index is -2.93. The van der Waals surface area contributed by atoms with Gasteiger partial charge in [-0.25, -0.2) is 14.4 Å². The van der Waals surface area contributed by atoms with E-state index in [-0.39, 0.29) is 6.61 Å². The quantitative estimate of drug-likeness (QED) is 0.0739. The summed E-state index contributed by atoms with van der Waals surface area (Å²) in [6, 6.07) is 18.0. The number of alkyl carbamates (subject to hydrolysis) is 1. The fraction of sp³-hybridized carbons (Fsp3) is 0.491. The molecule has 0 radical (unpaired) electrons. The van der Waals surface area contributed by atoms with Crippen molar-refractivity contribution in [1.82, 2.24) is 16.0 Å². The zero-order chi connectivity index (χ0) is 61.6. The van der Waals surface area contributed by atoms with Gasteiger partial charge in [0.25, 0.3) is 5.79 Å². The van der Waals surface area contributed by atoms with Gasteiger partial charge in [-0.15, -0.1) is 0 Å². The van der Waals surface area contributed by atoms with E-state index in [0.717, 1.165) is 77.6 Å². The van der Waals surface area contributed by atoms with Gasteiger partial charge in [0.2, 0.25) is 11.8 Å². The molecule has 1 aliphatic carbocycles. The molecule has 0 spiro atoms. The maximum Gasteiger partial charge on any atom is 0.407 e. The monoisotopic (exact) mass is 1180 g/mol. The average molecular weight is 1180 g/mol. The van der Waals surface area contributed by atoms with Gasteiger partial charge in [0.15, 0.2) is 36.7 Å². The predicted octanol–water partition coefficient (Wildman–Crippen LogP) is 2.58. The molecular weight excluding hydrogens is 1110 g/mol. The highest BCUT2D eigenvalue weighted by atomic mass is 16.8. The second kappa shape index (κ2) is 29.1. The number of amides is 3. The molecule has 9 unspecified atom stereocenters. The molecule has 27 nitrogen and oxygen atoms in total. The highest BCUT2D eigenvalue weighted by Gasteiger charge is 2.61. The average Bonchev–Trinajstić information content (AvgIpc) is 3.92. The summed E-state index contributed by atoms with van der Waals surface area (Å²) in [5, 5.41) is 17.9. The molecule has 3 aliphatic rings. The third kappa shape index (κ3) is 17.0. The predicted molar refractivity (Wildman–Crippen MR) is 283 cm³/mol. The number of carbonyl (C=O) groups is 11. The van der Waals surface area contributed by atoms with Crippen molar-refractivity contribution < 1.29 is 115 Å². The second-order valence-corrected chi connectivity index (χ2v) is 19.9. The smallest absolute Gasteiger partial charge is 0.407 e. The summed E-state index contributed by atoms with van der Waals surface area (Å²) in [6.07, 6.45) is -18.5. The standard InChI is InChI=1S/C57H67N3O24/c1-28(46(53(69)70)60-56(72)75-25-42-40-21-15-13-19-38(40)39-20-14-16-22-41(39)42)77-54-48(59-30(3)62)51(82-36(9)68)49(80-34(7)66)45(83-54)27-76-57(55(71)74-24-37-17-11-10-12-18-37)23-43(78-32(5)64)47(58-29(2)61)52(84-57)50(81-35(8)67)44(79-33(6)65)26-73-31(4)63/h10-22,28,42-52,54H,23-27H2,1-9H3,(H,58,61)(H,59,62)(H,60,72)(H,69,70)/t28-,43?,44-,45?,46+,47?,48?,49?,50-,51?,52?,54?,57?/m1/s1. The first-order valence-corrected chi connectivity index (χ1v) is 26.5. The zero-order valence-corrected chi connectivity index (χ0v) is 47.4. The van der Waals surface area contributed by atoms with Gasteiger partial charge in [-0.2, -0.15) is 0 Å². The van der Waals surface area contributed by atoms with E-state index in [2.05, 4.69) is 16.0 Å². The minimum absolute atomic E-state index is 0.201. The molecule has 3 aromatic rings. The number of aliphatic carboxylic acids is 1. The number of ether oxygens (including phenoxy) is 12. The molecule has 3 amide bonds. The van der Waals surface area contributed by atoms with Crippen LogP contribution in [-0.4, -0.2) is 170 Å². The van der Waals surface area contributed by atoms with E-state index in [1.807, 2.05) is 48.5 Å². The summed E-state index contributed by atoms with van der Waals surface area (Å²) in [5.41, 5.74) is 4.05. The normalized spacial score (nSPS) is 23.8. The lowest BCUT2D eigenvalue weighted by atomic mass is 9.87. The molecule has 2 fully saturated rings. The van der Waals surface area contributed by atoms with Gasteiger partial charge in [0.05, 0.1) is 25.2 Å². The molecule has 6 rings (SSSR count). The fourth-order valence-corrected chi connectivity index (χ4v) is 10.1. The van der Waals surface area contributed by atoms with Crippen molar-refractivity contribution in [3.8, 4) is 11.1 Å². The van der Waals surface area contributed by atoms with E-state index in [9.17, 15) is 53.1 Å². The number of rotatable bonds is 24. The Morgan fingerprint density at radius 3 is 1.74 bits per heavy atom. The number of carboxylic acid groups (broad SMARTS) is 1. The summed E-state index contributed by atoms with van der Waals surface area (Å²) in [7, 11) is 0. The Kier molecular flexibility index (Phi) is 22.4. The van der Waals surface area contributed by atoms with Crippen LogP contribution in [0.5, 0.6) is 0 Å². The second-order valence-electron chi connectivity index (χ2n) is 19.9. The van der Waals surface area contributed by atoms with Crippen molar-refractivity contribution in [3.63, 3.8) is 0 Å². The van der Waals surface area contributed by atoms with E-state index in [0.29, 0.717) is 5.56 Å². The van der Waals surface area contributed by atoms with Crippen LogP contribution in [0.3, 0.4) is 0 Å². The fourth-order valence-electron chi connectivity index (χ4n) is 10.1. The van der Waals surface area contributed by atoms with Gasteiger partial charge in [0, 0.05) is 61.3 Å². The summed E-state index contributed by atoms with van der Waals surface area (Å²) < 4.78 is 70.6. The molecule has 0 bridgehead atoms. The Morgan fingerprint density at radius 1 is 0.631 bits per heavy atom. The molecule has 0 saturated carbocycles. The molecular formula is C57H67N3O24. The van der Waals surface area contributed by atoms with E-state index >= 15 is 4.79 Å². The van der Waals surface area contributed by atoms with Crippen LogP contribution in [0.15, 0.2) is 78.9 Å². The van der Waals surface area contributed by atoms with Crippen molar-refractivity contribution in [3.05, 3.63) is 95.6 Å². The van der Waals surface area contributed by atoms with Crippen LogP contribution in [0.1, 0.15) is 91.3 Å². The Labute approximate surface area is 481 Å². The Bertz CT molecular complexity index is 2870. The molecule has 2 saturated heterocycles. The van der Waals surface area contributed by atoms with Crippen molar-refractivity contribution in [2.45, 2.75) is 160 Å². The number of hydrogen-bond donors (Lipinski definition) is 4. The van der Waals surface area contributed by atoms with Crippen molar-refractivity contribution in [2.75, 3.05) is 19.8 Å². The van der Waals surface area contributed by atoms with Crippen LogP contribution in [-0.2, 0) is 111 Å². The maximum atomic E-state index is 15.1. The largest absolute Gasteiger partial charge is 0.480 e. The highest BCUT2D eigenvalue weighted by Crippen LogP contribution is 2.45. The van der Waals surface area contributed by atoms with Gasteiger partial charge < -0.3 is 77.9 Å². The van der Waals surface area contributed by atoms with Crippen LogP contribution >= 0.6 is 0 Å². The van der Waals surface area contributed by atoms with Gasteiger partial charge in [0.1, 0.15) is 44.2 Å². The first-order valence-electron chi connectivity index (χ1n) is 26.5. The molecule has 27 heteroatoms. The molecule has 2 heterocycles. The minimum Gasteiger partial charge on any atom is -0.480 e. The first kappa shape index (κ1) is 64.6. The van der Waals surface area contributed by atoms with Crippen molar-refractivity contribution >= 4 is 65.7 Å². The molecule has 4 N–H and O–H groups in total. The number of esters is 7. The molecule has 454 valence electrons. The summed E-state index contributed by atoms with van der Waals surface area (Å²) in [6.45, 7) is 6.69.